The molecule has 0 unspecified atom stereocenters. The molecule has 90 valence electrons. The number of rotatable bonds is 6. The Labute approximate surface area is 99.0 Å². The lowest BCUT2D eigenvalue weighted by Gasteiger charge is -2.09. The molecule has 0 bridgehead atoms. The van der Waals surface area contributed by atoms with Crippen LogP contribution in [0.25, 0.3) is 0 Å². The maximum atomic E-state index is 10.6. The van der Waals surface area contributed by atoms with E-state index in [1.165, 1.54) is 18.2 Å². The Bertz CT molecular complexity index is 440. The summed E-state index contributed by atoms with van der Waals surface area (Å²) in [6.07, 6.45) is 0. The van der Waals surface area contributed by atoms with Gasteiger partial charge >= 0.3 is 0 Å². The van der Waals surface area contributed by atoms with Crippen molar-refractivity contribution in [2.75, 3.05) is 13.2 Å². The summed E-state index contributed by atoms with van der Waals surface area (Å²) in [6, 6.07) is 6.19. The van der Waals surface area contributed by atoms with E-state index < -0.39 is 4.92 Å². The molecular weight excluding hydrogens is 222 g/mol. The summed E-state index contributed by atoms with van der Waals surface area (Å²) in [6.45, 7) is 3.09. The predicted molar refractivity (Wildman–Crippen MR) is 61.6 cm³/mol. The molecule has 0 aliphatic rings. The zero-order chi connectivity index (χ0) is 12.7. The van der Waals surface area contributed by atoms with Crippen molar-refractivity contribution in [3.05, 3.63) is 33.9 Å². The van der Waals surface area contributed by atoms with Crippen LogP contribution >= 0.6 is 0 Å². The Hall–Kier alpha value is -2.13. The quantitative estimate of drug-likeness (QED) is 0.597. The average Bonchev–Trinajstić information content (AvgIpc) is 2.34. The van der Waals surface area contributed by atoms with E-state index in [1.54, 1.807) is 0 Å². The maximum Gasteiger partial charge on any atom is 0.270 e. The van der Waals surface area contributed by atoms with E-state index in [2.05, 4.69) is 5.32 Å². The fourth-order valence-corrected chi connectivity index (χ4v) is 1.33. The zero-order valence-electron chi connectivity index (χ0n) is 9.47. The van der Waals surface area contributed by atoms with Crippen LogP contribution in [0.4, 0.5) is 5.69 Å². The maximum absolute atomic E-state index is 10.6. The van der Waals surface area contributed by atoms with E-state index in [4.69, 9.17) is 10.00 Å². The van der Waals surface area contributed by atoms with Crippen molar-refractivity contribution < 1.29 is 9.66 Å². The number of non-ortho nitro benzene ring substituents is 1. The Kier molecular flexibility index (Phi) is 4.91. The summed E-state index contributed by atoms with van der Waals surface area (Å²) in [7, 11) is 0. The number of nitrogens with one attached hydrogen (secondary N) is 1. The molecule has 0 atom stereocenters. The van der Waals surface area contributed by atoms with Gasteiger partial charge in [0.15, 0.2) is 6.61 Å². The molecule has 6 nitrogen and oxygen atoms in total. The molecule has 17 heavy (non-hydrogen) atoms. The van der Waals surface area contributed by atoms with Crippen LogP contribution in [0.5, 0.6) is 5.75 Å². The first kappa shape index (κ1) is 12.9. The van der Waals surface area contributed by atoms with Gasteiger partial charge in [-0.05, 0) is 12.6 Å². The fraction of sp³-hybridized carbons (Fsp3) is 0.364. The predicted octanol–water partition coefficient (Wildman–Crippen LogP) is 1.61. The van der Waals surface area contributed by atoms with Gasteiger partial charge in [0.2, 0.25) is 0 Å². The van der Waals surface area contributed by atoms with Crippen molar-refractivity contribution in [3.8, 4) is 11.8 Å². The number of nitro groups is 1. The molecule has 0 amide bonds. The molecule has 0 heterocycles. The molecule has 0 aliphatic carbocycles. The minimum absolute atomic E-state index is 0.0159. The third-order valence-corrected chi connectivity index (χ3v) is 2.11. The zero-order valence-corrected chi connectivity index (χ0v) is 9.47. The minimum Gasteiger partial charge on any atom is -0.478 e. The lowest BCUT2D eigenvalue weighted by molar-refractivity contribution is -0.384. The van der Waals surface area contributed by atoms with Crippen LogP contribution in [0.1, 0.15) is 12.5 Å². The Morgan fingerprint density at radius 3 is 2.94 bits per heavy atom. The smallest absolute Gasteiger partial charge is 0.270 e. The average molecular weight is 235 g/mol. The van der Waals surface area contributed by atoms with E-state index in [9.17, 15) is 10.1 Å². The second-order valence-corrected chi connectivity index (χ2v) is 3.28. The van der Waals surface area contributed by atoms with Crippen molar-refractivity contribution >= 4 is 5.69 Å². The summed E-state index contributed by atoms with van der Waals surface area (Å²) >= 11 is 0. The Balaban J connectivity index is 2.95. The van der Waals surface area contributed by atoms with Gasteiger partial charge in [0, 0.05) is 24.2 Å². The first-order valence-electron chi connectivity index (χ1n) is 5.16. The summed E-state index contributed by atoms with van der Waals surface area (Å²) < 4.78 is 5.19. The lowest BCUT2D eigenvalue weighted by Crippen LogP contribution is -2.13. The van der Waals surface area contributed by atoms with Crippen molar-refractivity contribution in [1.82, 2.24) is 5.32 Å². The van der Waals surface area contributed by atoms with Crippen LogP contribution in [0.3, 0.4) is 0 Å². The highest BCUT2D eigenvalue weighted by molar-refractivity contribution is 5.43. The lowest BCUT2D eigenvalue weighted by atomic mass is 10.1. The first-order chi connectivity index (χ1) is 8.19. The molecular formula is C11H13N3O3. The van der Waals surface area contributed by atoms with E-state index in [-0.39, 0.29) is 12.3 Å². The third kappa shape index (κ3) is 3.74. The Morgan fingerprint density at radius 2 is 2.35 bits per heavy atom. The second kappa shape index (κ2) is 6.45. The molecule has 6 heteroatoms. The second-order valence-electron chi connectivity index (χ2n) is 3.28. The molecule has 1 rings (SSSR count). The van der Waals surface area contributed by atoms with Crippen LogP contribution in [0.15, 0.2) is 18.2 Å². The largest absolute Gasteiger partial charge is 0.478 e. The fourth-order valence-electron chi connectivity index (χ4n) is 1.33. The van der Waals surface area contributed by atoms with Gasteiger partial charge in [-0.15, -0.1) is 0 Å². The molecule has 0 aliphatic heterocycles. The number of nitro benzene ring substituents is 1. The highest BCUT2D eigenvalue weighted by atomic mass is 16.6. The molecule has 0 radical (unpaired) electrons. The Morgan fingerprint density at radius 1 is 1.59 bits per heavy atom. The molecule has 0 aromatic heterocycles. The molecule has 0 spiro atoms. The SMILES string of the molecule is CCNCc1cc([N+](=O)[O-])ccc1OCC#N. The molecule has 1 aromatic rings. The van der Waals surface area contributed by atoms with Crippen LogP contribution < -0.4 is 10.1 Å². The number of nitriles is 1. The van der Waals surface area contributed by atoms with Crippen molar-refractivity contribution in [2.45, 2.75) is 13.5 Å². The molecule has 1 N–H and O–H groups in total. The van der Waals surface area contributed by atoms with Crippen molar-refractivity contribution in [1.29, 1.82) is 5.26 Å². The van der Waals surface area contributed by atoms with Crippen LogP contribution in [0, 0.1) is 21.4 Å². The summed E-state index contributed by atoms with van der Waals surface area (Å²) in [4.78, 5) is 10.2. The van der Waals surface area contributed by atoms with E-state index in [0.717, 1.165) is 6.54 Å². The van der Waals surface area contributed by atoms with Gasteiger partial charge in [0.05, 0.1) is 4.92 Å². The summed E-state index contributed by atoms with van der Waals surface area (Å²) in [5, 5.41) is 22.1. The van der Waals surface area contributed by atoms with Gasteiger partial charge in [0.25, 0.3) is 5.69 Å². The van der Waals surface area contributed by atoms with Crippen LogP contribution in [0.2, 0.25) is 0 Å². The van der Waals surface area contributed by atoms with Gasteiger partial charge in [-0.3, -0.25) is 10.1 Å². The molecule has 0 saturated heterocycles. The third-order valence-electron chi connectivity index (χ3n) is 2.11. The topological polar surface area (TPSA) is 88.2 Å². The monoisotopic (exact) mass is 235 g/mol. The molecule has 0 fully saturated rings. The van der Waals surface area contributed by atoms with E-state index >= 15 is 0 Å². The number of nitrogens with zero attached hydrogens (tertiary/aromatic N) is 2. The number of hydrogen-bond donors (Lipinski definition) is 1. The van der Waals surface area contributed by atoms with E-state index in [1.807, 2.05) is 13.0 Å². The van der Waals surface area contributed by atoms with Crippen LogP contribution in [-0.2, 0) is 6.54 Å². The van der Waals surface area contributed by atoms with Crippen molar-refractivity contribution in [2.24, 2.45) is 0 Å². The molecule has 0 saturated carbocycles. The van der Waals surface area contributed by atoms with E-state index in [0.29, 0.717) is 17.9 Å². The highest BCUT2D eigenvalue weighted by Gasteiger charge is 2.11. The van der Waals surface area contributed by atoms with Gasteiger partial charge in [-0.1, -0.05) is 6.92 Å². The number of hydrogen-bond acceptors (Lipinski definition) is 5. The highest BCUT2D eigenvalue weighted by Crippen LogP contribution is 2.24. The van der Waals surface area contributed by atoms with Gasteiger partial charge in [0.1, 0.15) is 11.8 Å². The normalized spacial score (nSPS) is 9.65. The summed E-state index contributed by atoms with van der Waals surface area (Å²) in [5.41, 5.74) is 0.693. The number of ether oxygens (including phenoxy) is 1. The van der Waals surface area contributed by atoms with Gasteiger partial charge < -0.3 is 10.1 Å². The van der Waals surface area contributed by atoms with Gasteiger partial charge in [-0.25, -0.2) is 0 Å². The van der Waals surface area contributed by atoms with Crippen molar-refractivity contribution in [3.63, 3.8) is 0 Å². The van der Waals surface area contributed by atoms with Crippen LogP contribution in [-0.4, -0.2) is 18.1 Å². The summed E-state index contributed by atoms with van der Waals surface area (Å²) in [5.74, 6) is 0.498. The van der Waals surface area contributed by atoms with Gasteiger partial charge in [-0.2, -0.15) is 5.26 Å². The standard InChI is InChI=1S/C11H13N3O3/c1-2-13-8-9-7-10(14(15)16)3-4-11(9)17-6-5-12/h3-4,7,13H,2,6,8H2,1H3. The first-order valence-corrected chi connectivity index (χ1v) is 5.16. The minimum atomic E-state index is -0.455. The number of benzene rings is 1. The molecule has 1 aromatic carbocycles.